The lowest BCUT2D eigenvalue weighted by atomic mass is 9.94. The van der Waals surface area contributed by atoms with Crippen molar-refractivity contribution in [3.8, 4) is 0 Å². The lowest BCUT2D eigenvalue weighted by Crippen LogP contribution is -2.47. The van der Waals surface area contributed by atoms with E-state index in [0.717, 1.165) is 37.7 Å². The third kappa shape index (κ3) is 3.17. The molecule has 0 aromatic carbocycles. The Balaban J connectivity index is 1.32. The van der Waals surface area contributed by atoms with E-state index in [1.807, 2.05) is 7.05 Å². The van der Waals surface area contributed by atoms with Crippen molar-refractivity contribution in [3.05, 3.63) is 17.5 Å². The summed E-state index contributed by atoms with van der Waals surface area (Å²) >= 11 is 0. The number of hydrogen-bond donors (Lipinski definition) is 2. The van der Waals surface area contributed by atoms with Crippen LogP contribution in [0.15, 0.2) is 11.2 Å². The Labute approximate surface area is 145 Å². The van der Waals surface area contributed by atoms with Gasteiger partial charge < -0.3 is 10.6 Å². The Morgan fingerprint density at radius 2 is 2.17 bits per heavy atom. The van der Waals surface area contributed by atoms with Crippen molar-refractivity contribution in [1.29, 1.82) is 0 Å². The van der Waals surface area contributed by atoms with Crippen LogP contribution in [0, 0.1) is 11.3 Å². The molecule has 1 aromatic heterocycles. The smallest absolute Gasteiger partial charge is 0.191 e. The highest BCUT2D eigenvalue weighted by Gasteiger charge is 2.53. The average molecular weight is 329 g/mol. The first-order chi connectivity index (χ1) is 11.6. The highest BCUT2D eigenvalue weighted by atomic mass is 15.3. The van der Waals surface area contributed by atoms with E-state index < -0.39 is 0 Å². The molecule has 0 amide bonds. The molecule has 1 atom stereocenters. The molecule has 0 aliphatic heterocycles. The molecule has 132 valence electrons. The van der Waals surface area contributed by atoms with Gasteiger partial charge in [-0.2, -0.15) is 5.10 Å². The Morgan fingerprint density at radius 3 is 2.79 bits per heavy atom. The zero-order valence-corrected chi connectivity index (χ0v) is 15.3. The van der Waals surface area contributed by atoms with Crippen LogP contribution in [0.5, 0.6) is 0 Å². The van der Waals surface area contributed by atoms with Gasteiger partial charge in [0.15, 0.2) is 5.96 Å². The number of aliphatic imine (C=N–C) groups is 1. The van der Waals surface area contributed by atoms with Gasteiger partial charge in [0, 0.05) is 38.3 Å². The molecule has 3 aliphatic rings. The predicted octanol–water partition coefficient (Wildman–Crippen LogP) is 2.68. The van der Waals surface area contributed by atoms with Crippen molar-refractivity contribution in [2.75, 3.05) is 13.6 Å². The molecule has 0 spiro atoms. The third-order valence-corrected chi connectivity index (χ3v) is 6.13. The van der Waals surface area contributed by atoms with E-state index in [1.54, 1.807) is 0 Å². The van der Waals surface area contributed by atoms with Crippen LogP contribution < -0.4 is 10.6 Å². The summed E-state index contributed by atoms with van der Waals surface area (Å²) in [5, 5.41) is 12.0. The lowest BCUT2D eigenvalue weighted by molar-refractivity contribution is 0.427. The number of aromatic nitrogens is 2. The Kier molecular flexibility index (Phi) is 4.05. The number of nitrogens with zero attached hydrogens (tertiary/aromatic N) is 3. The second-order valence-corrected chi connectivity index (χ2v) is 8.32. The van der Waals surface area contributed by atoms with Crippen LogP contribution in [-0.2, 0) is 12.8 Å². The Hall–Kier alpha value is -1.52. The number of guanidine groups is 1. The van der Waals surface area contributed by atoms with Gasteiger partial charge in [0.1, 0.15) is 0 Å². The maximum absolute atomic E-state index is 4.78. The van der Waals surface area contributed by atoms with E-state index in [9.17, 15) is 0 Å². The number of aryl methyl sites for hydroxylation is 1. The van der Waals surface area contributed by atoms with Crippen LogP contribution in [0.3, 0.4) is 0 Å². The molecule has 0 bridgehead atoms. The summed E-state index contributed by atoms with van der Waals surface area (Å²) < 4.78 is 2.10. The summed E-state index contributed by atoms with van der Waals surface area (Å²) in [5.74, 6) is 1.96. The minimum absolute atomic E-state index is 0.439. The van der Waals surface area contributed by atoms with Gasteiger partial charge in [0.25, 0.3) is 0 Å². The normalized spacial score (nSPS) is 25.5. The van der Waals surface area contributed by atoms with Gasteiger partial charge in [-0.05, 0) is 69.3 Å². The zero-order chi connectivity index (χ0) is 16.7. The first kappa shape index (κ1) is 16.0. The molecule has 0 saturated heterocycles. The van der Waals surface area contributed by atoms with Gasteiger partial charge in [-0.25, -0.2) is 0 Å². The summed E-state index contributed by atoms with van der Waals surface area (Å²) in [6.45, 7) is 5.47. The fourth-order valence-corrected chi connectivity index (χ4v) is 4.13. The Morgan fingerprint density at radius 1 is 1.38 bits per heavy atom. The molecule has 4 rings (SSSR count). The molecule has 2 fully saturated rings. The number of nitrogens with one attached hydrogen (secondary N) is 2. The fraction of sp³-hybridized carbons (Fsp3) is 0.789. The van der Waals surface area contributed by atoms with E-state index in [4.69, 9.17) is 5.10 Å². The molecular weight excluding hydrogens is 298 g/mol. The van der Waals surface area contributed by atoms with Gasteiger partial charge in [0.05, 0.1) is 5.69 Å². The van der Waals surface area contributed by atoms with Gasteiger partial charge in [-0.15, -0.1) is 0 Å². The average Bonchev–Trinajstić information content (AvgIpc) is 3.47. The molecule has 0 radical (unpaired) electrons. The van der Waals surface area contributed by atoms with Gasteiger partial charge in [0.2, 0.25) is 0 Å². The Bertz CT molecular complexity index is 622. The molecular formula is C19H31N5. The summed E-state index contributed by atoms with van der Waals surface area (Å²) in [5.41, 5.74) is 3.29. The predicted molar refractivity (Wildman–Crippen MR) is 97.3 cm³/mol. The highest BCUT2D eigenvalue weighted by molar-refractivity contribution is 5.80. The lowest BCUT2D eigenvalue weighted by Gasteiger charge is -2.25. The van der Waals surface area contributed by atoms with Gasteiger partial charge >= 0.3 is 0 Å². The van der Waals surface area contributed by atoms with Crippen LogP contribution in [-0.4, -0.2) is 35.4 Å². The van der Waals surface area contributed by atoms with Crippen molar-refractivity contribution in [3.63, 3.8) is 0 Å². The molecule has 1 aromatic rings. The van der Waals surface area contributed by atoms with Crippen molar-refractivity contribution in [2.45, 2.75) is 70.9 Å². The molecule has 24 heavy (non-hydrogen) atoms. The minimum atomic E-state index is 0.439. The van der Waals surface area contributed by atoms with Crippen molar-refractivity contribution >= 4 is 5.96 Å². The van der Waals surface area contributed by atoms with E-state index >= 15 is 0 Å². The highest BCUT2D eigenvalue weighted by Crippen LogP contribution is 2.60. The number of rotatable bonds is 5. The summed E-state index contributed by atoms with van der Waals surface area (Å²) in [7, 11) is 1.88. The second-order valence-electron chi connectivity index (χ2n) is 8.32. The van der Waals surface area contributed by atoms with E-state index in [0.29, 0.717) is 17.5 Å². The van der Waals surface area contributed by atoms with Crippen LogP contribution >= 0.6 is 0 Å². The van der Waals surface area contributed by atoms with E-state index in [-0.39, 0.29) is 0 Å². The maximum atomic E-state index is 4.78. The fourth-order valence-electron chi connectivity index (χ4n) is 4.13. The maximum Gasteiger partial charge on any atom is 0.191 e. The van der Waals surface area contributed by atoms with Crippen LogP contribution in [0.4, 0.5) is 0 Å². The SMILES string of the molecule is CN=C(NCC1(C2CC2)CC1)NC1CCc2cn(C(C)C)nc2C1. The molecule has 5 heteroatoms. The van der Waals surface area contributed by atoms with Crippen molar-refractivity contribution < 1.29 is 0 Å². The summed E-state index contributed by atoms with van der Waals surface area (Å²) in [4.78, 5) is 4.45. The first-order valence-electron chi connectivity index (χ1n) is 9.64. The monoisotopic (exact) mass is 329 g/mol. The largest absolute Gasteiger partial charge is 0.356 e. The van der Waals surface area contributed by atoms with E-state index in [2.05, 4.69) is 40.4 Å². The standard InChI is InChI=1S/C19H31N5/c1-13(2)24-11-14-4-7-16(10-17(14)23-24)22-18(20-3)21-12-19(8-9-19)15-5-6-15/h11,13,15-16H,4-10,12H2,1-3H3,(H2,20,21,22). The minimum Gasteiger partial charge on any atom is -0.356 e. The topological polar surface area (TPSA) is 54.2 Å². The molecule has 2 N–H and O–H groups in total. The molecule has 2 saturated carbocycles. The van der Waals surface area contributed by atoms with Crippen LogP contribution in [0.1, 0.15) is 63.3 Å². The van der Waals surface area contributed by atoms with Gasteiger partial charge in [-0.3, -0.25) is 9.67 Å². The molecule has 1 unspecified atom stereocenters. The number of hydrogen-bond acceptors (Lipinski definition) is 2. The zero-order valence-electron chi connectivity index (χ0n) is 15.3. The molecule has 1 heterocycles. The first-order valence-corrected chi connectivity index (χ1v) is 9.64. The second kappa shape index (κ2) is 6.08. The van der Waals surface area contributed by atoms with Crippen LogP contribution in [0.25, 0.3) is 0 Å². The van der Waals surface area contributed by atoms with E-state index in [1.165, 1.54) is 36.9 Å². The number of fused-ring (bicyclic) bond motifs is 1. The van der Waals surface area contributed by atoms with Crippen molar-refractivity contribution in [1.82, 2.24) is 20.4 Å². The molecule has 5 nitrogen and oxygen atoms in total. The van der Waals surface area contributed by atoms with Crippen molar-refractivity contribution in [2.24, 2.45) is 16.3 Å². The van der Waals surface area contributed by atoms with Crippen LogP contribution in [0.2, 0.25) is 0 Å². The summed E-state index contributed by atoms with van der Waals surface area (Å²) in [6, 6.07) is 0.879. The van der Waals surface area contributed by atoms with Gasteiger partial charge in [-0.1, -0.05) is 0 Å². The summed E-state index contributed by atoms with van der Waals surface area (Å²) in [6.07, 6.45) is 11.2. The quantitative estimate of drug-likeness (QED) is 0.645. The third-order valence-electron chi connectivity index (χ3n) is 6.13. The molecule has 3 aliphatic carbocycles.